The Morgan fingerprint density at radius 2 is 2.03 bits per heavy atom. The van der Waals surface area contributed by atoms with Crippen LogP contribution in [0, 0.1) is 12.8 Å². The Hall–Kier alpha value is -2.75. The molecule has 0 aliphatic carbocycles. The van der Waals surface area contributed by atoms with Gasteiger partial charge in [0.15, 0.2) is 16.1 Å². The van der Waals surface area contributed by atoms with Gasteiger partial charge in [-0.3, -0.25) is 20.1 Å². The van der Waals surface area contributed by atoms with Crippen molar-refractivity contribution in [3.63, 3.8) is 0 Å². The van der Waals surface area contributed by atoms with Gasteiger partial charge in [0, 0.05) is 42.3 Å². The lowest BCUT2D eigenvalue weighted by molar-refractivity contribution is 0.102. The Bertz CT molecular complexity index is 1260. The van der Waals surface area contributed by atoms with E-state index in [4.69, 9.17) is 16.6 Å². The molecule has 0 radical (unpaired) electrons. The molecule has 1 amide bonds. The summed E-state index contributed by atoms with van der Waals surface area (Å²) < 4.78 is 23.4. The van der Waals surface area contributed by atoms with E-state index in [0.717, 1.165) is 49.9 Å². The molecule has 0 aromatic heterocycles. The topological polar surface area (TPSA) is 112 Å². The zero-order chi connectivity index (χ0) is 24.3. The van der Waals surface area contributed by atoms with Gasteiger partial charge in [-0.05, 0) is 68.3 Å². The van der Waals surface area contributed by atoms with Gasteiger partial charge in [0.2, 0.25) is 0 Å². The second-order valence-corrected chi connectivity index (χ2v) is 11.0. The number of benzene rings is 2. The summed E-state index contributed by atoms with van der Waals surface area (Å²) in [5.41, 5.74) is 3.84. The van der Waals surface area contributed by atoms with Crippen LogP contribution in [0.2, 0.25) is 5.02 Å². The molecule has 8 nitrogen and oxygen atoms in total. The summed E-state index contributed by atoms with van der Waals surface area (Å²) in [7, 11) is -3.41. The maximum atomic E-state index is 12.8. The average Bonchev–Trinajstić information content (AvgIpc) is 2.81. The van der Waals surface area contributed by atoms with E-state index in [2.05, 4.69) is 20.9 Å². The van der Waals surface area contributed by atoms with Crippen molar-refractivity contribution in [2.24, 2.45) is 15.9 Å². The summed E-state index contributed by atoms with van der Waals surface area (Å²) in [5.74, 6) is -0.0178. The number of nitrogens with zero attached hydrogens (tertiary/aromatic N) is 2. The normalized spacial score (nSPS) is 20.5. The molecule has 180 valence electrons. The minimum atomic E-state index is -3.41. The molecule has 2 unspecified atom stereocenters. The number of aryl methyl sites for hydroxylation is 1. The lowest BCUT2D eigenvalue weighted by atomic mass is 9.93. The van der Waals surface area contributed by atoms with Crippen LogP contribution in [-0.2, 0) is 9.84 Å². The first-order valence-corrected chi connectivity index (χ1v) is 13.4. The van der Waals surface area contributed by atoms with Gasteiger partial charge in [-0.2, -0.15) is 0 Å². The van der Waals surface area contributed by atoms with Gasteiger partial charge in [-0.25, -0.2) is 8.42 Å². The Morgan fingerprint density at radius 1 is 1.21 bits per heavy atom. The van der Waals surface area contributed by atoms with Crippen molar-refractivity contribution in [1.82, 2.24) is 5.32 Å². The number of hydrogen-bond donors (Lipinski definition) is 3. The molecule has 2 atom stereocenters. The molecule has 2 aromatic carbocycles. The van der Waals surface area contributed by atoms with Gasteiger partial charge in [0.1, 0.15) is 0 Å². The number of anilines is 2. The predicted molar refractivity (Wildman–Crippen MR) is 137 cm³/mol. The third-order valence-corrected chi connectivity index (χ3v) is 7.41. The Morgan fingerprint density at radius 3 is 2.74 bits per heavy atom. The fraction of sp³-hybridized carbons (Fsp3) is 0.375. The first kappa shape index (κ1) is 24.4. The summed E-state index contributed by atoms with van der Waals surface area (Å²) in [4.78, 5) is 22.2. The van der Waals surface area contributed by atoms with Crippen LogP contribution < -0.4 is 16.0 Å². The molecule has 2 heterocycles. The van der Waals surface area contributed by atoms with Crippen molar-refractivity contribution in [2.75, 3.05) is 30.0 Å². The largest absolute Gasteiger partial charge is 0.351 e. The van der Waals surface area contributed by atoms with Crippen LogP contribution in [0.5, 0.6) is 0 Å². The third kappa shape index (κ3) is 5.84. The van der Waals surface area contributed by atoms with Crippen LogP contribution in [0.4, 0.5) is 11.4 Å². The van der Waals surface area contributed by atoms with Gasteiger partial charge in [0.05, 0.1) is 15.5 Å². The number of carbonyl (C=O) groups excluding carboxylic acids is 1. The number of hydrogen-bond acceptors (Lipinski definition) is 7. The van der Waals surface area contributed by atoms with Crippen LogP contribution in [0.1, 0.15) is 35.2 Å². The van der Waals surface area contributed by atoms with E-state index >= 15 is 0 Å². The van der Waals surface area contributed by atoms with E-state index < -0.39 is 15.7 Å². The number of sulfone groups is 1. The zero-order valence-electron chi connectivity index (χ0n) is 19.1. The summed E-state index contributed by atoms with van der Waals surface area (Å²) in [6.45, 7) is 3.63. The predicted octanol–water partition coefficient (Wildman–Crippen LogP) is 3.91. The minimum absolute atomic E-state index is 0.0656. The van der Waals surface area contributed by atoms with Gasteiger partial charge in [-0.1, -0.05) is 17.7 Å². The molecule has 2 aliphatic heterocycles. The Kier molecular flexibility index (Phi) is 7.35. The molecule has 2 aromatic rings. The van der Waals surface area contributed by atoms with Crippen LogP contribution in [0.25, 0.3) is 0 Å². The number of rotatable bonds is 6. The maximum absolute atomic E-state index is 12.8. The standard InChI is InChI=1S/C24H28ClN5O3S/c1-15-5-6-17(28-23(31)19-8-7-18(13-20(19)25)34(2,32)33)12-22(15)30-24-27-11-9-21(29-24)16-4-3-10-26-14-16/h5-8,10,12-13,16,24,27,30H,3-4,9,11,14H2,1-2H3,(H,28,31). The lowest BCUT2D eigenvalue weighted by Crippen LogP contribution is -2.42. The first-order valence-electron chi connectivity index (χ1n) is 11.2. The lowest BCUT2D eigenvalue weighted by Gasteiger charge is -2.28. The highest BCUT2D eigenvalue weighted by molar-refractivity contribution is 7.90. The SMILES string of the molecule is Cc1ccc(NC(=O)c2ccc(S(C)(=O)=O)cc2Cl)cc1NC1N=C(C2CCC=NC2)CCN1. The van der Waals surface area contributed by atoms with Gasteiger partial charge in [0.25, 0.3) is 5.91 Å². The maximum Gasteiger partial charge on any atom is 0.257 e. The smallest absolute Gasteiger partial charge is 0.257 e. The summed E-state index contributed by atoms with van der Waals surface area (Å²) >= 11 is 6.19. The molecule has 0 bridgehead atoms. The highest BCUT2D eigenvalue weighted by Gasteiger charge is 2.23. The molecule has 2 aliphatic rings. The Balaban J connectivity index is 1.48. The monoisotopic (exact) mass is 501 g/mol. The molecular formula is C24H28ClN5O3S. The van der Waals surface area contributed by atoms with Crippen LogP contribution >= 0.6 is 11.6 Å². The second-order valence-electron chi connectivity index (χ2n) is 8.59. The highest BCUT2D eigenvalue weighted by Crippen LogP contribution is 2.25. The van der Waals surface area contributed by atoms with E-state index in [1.54, 1.807) is 6.07 Å². The van der Waals surface area contributed by atoms with Crippen molar-refractivity contribution in [1.29, 1.82) is 0 Å². The zero-order valence-corrected chi connectivity index (χ0v) is 20.7. The van der Waals surface area contributed by atoms with Crippen LogP contribution in [0.3, 0.4) is 0 Å². The number of carbonyl (C=O) groups is 1. The molecule has 0 saturated carbocycles. The molecule has 34 heavy (non-hydrogen) atoms. The molecule has 4 rings (SSSR count). The van der Waals surface area contributed by atoms with Gasteiger partial charge >= 0.3 is 0 Å². The molecule has 0 fully saturated rings. The molecule has 0 saturated heterocycles. The van der Waals surface area contributed by atoms with Crippen LogP contribution in [-0.4, -0.2) is 51.9 Å². The molecule has 10 heteroatoms. The summed E-state index contributed by atoms with van der Waals surface area (Å²) in [5, 5.41) is 9.72. The number of halogens is 1. The molecule has 3 N–H and O–H groups in total. The summed E-state index contributed by atoms with van der Waals surface area (Å²) in [6.07, 6.45) is 5.84. The van der Waals surface area contributed by atoms with Crippen molar-refractivity contribution < 1.29 is 13.2 Å². The fourth-order valence-electron chi connectivity index (χ4n) is 4.05. The molecular weight excluding hydrogens is 474 g/mol. The van der Waals surface area contributed by atoms with Gasteiger partial charge < -0.3 is 10.6 Å². The van der Waals surface area contributed by atoms with Gasteiger partial charge in [-0.15, -0.1) is 0 Å². The van der Waals surface area contributed by atoms with Crippen molar-refractivity contribution in [3.8, 4) is 0 Å². The van der Waals surface area contributed by atoms with Crippen molar-refractivity contribution in [3.05, 3.63) is 52.5 Å². The number of amides is 1. The van der Waals surface area contributed by atoms with Crippen molar-refractivity contribution >= 4 is 50.6 Å². The average molecular weight is 502 g/mol. The highest BCUT2D eigenvalue weighted by atomic mass is 35.5. The molecule has 0 spiro atoms. The minimum Gasteiger partial charge on any atom is -0.351 e. The summed E-state index contributed by atoms with van der Waals surface area (Å²) in [6, 6.07) is 9.65. The number of aliphatic imine (C=N–C) groups is 2. The van der Waals surface area contributed by atoms with E-state index in [1.165, 1.54) is 23.9 Å². The van der Waals surface area contributed by atoms with E-state index in [0.29, 0.717) is 11.6 Å². The number of nitrogens with one attached hydrogen (secondary N) is 3. The van der Waals surface area contributed by atoms with E-state index in [9.17, 15) is 13.2 Å². The van der Waals surface area contributed by atoms with E-state index in [1.807, 2.05) is 25.3 Å². The Labute approximate surface area is 204 Å². The fourth-order valence-corrected chi connectivity index (χ4v) is 5.03. The van der Waals surface area contributed by atoms with Crippen molar-refractivity contribution in [2.45, 2.75) is 37.4 Å². The third-order valence-electron chi connectivity index (χ3n) is 5.99. The first-order chi connectivity index (χ1) is 16.2. The quantitative estimate of drug-likeness (QED) is 0.555. The van der Waals surface area contributed by atoms with E-state index in [-0.39, 0.29) is 21.8 Å². The second kappa shape index (κ2) is 10.2. The van der Waals surface area contributed by atoms with Crippen LogP contribution in [0.15, 0.2) is 51.3 Å².